The molecule has 0 aliphatic carbocycles. The fourth-order valence-corrected chi connectivity index (χ4v) is 2.10. The predicted octanol–water partition coefficient (Wildman–Crippen LogP) is 3.98. The summed E-state index contributed by atoms with van der Waals surface area (Å²) in [7, 11) is 1.92. The van der Waals surface area contributed by atoms with Crippen LogP contribution in [0.25, 0.3) is 0 Å². The summed E-state index contributed by atoms with van der Waals surface area (Å²) in [6.07, 6.45) is 0. The summed E-state index contributed by atoms with van der Waals surface area (Å²) in [6.45, 7) is 2.07. The van der Waals surface area contributed by atoms with Crippen LogP contribution < -0.4 is 5.73 Å². The fraction of sp³-hybridized carbons (Fsp3) is 0.188. The normalized spacial score (nSPS) is 13.1. The van der Waals surface area contributed by atoms with Crippen LogP contribution in [0.1, 0.15) is 18.5 Å². The van der Waals surface area contributed by atoms with E-state index in [9.17, 15) is 0 Å². The summed E-state index contributed by atoms with van der Waals surface area (Å²) in [5, 5.41) is 0.723. The number of benzene rings is 2. The molecule has 0 aliphatic heterocycles. The average molecular weight is 288 g/mol. The maximum Gasteiger partial charge on any atom is 0.196 e. The lowest BCUT2D eigenvalue weighted by molar-refractivity contribution is 0.398. The van der Waals surface area contributed by atoms with Gasteiger partial charge in [-0.25, -0.2) is 4.99 Å². The number of halogens is 1. The third kappa shape index (κ3) is 3.52. The van der Waals surface area contributed by atoms with E-state index in [0.717, 1.165) is 16.3 Å². The lowest BCUT2D eigenvalue weighted by Gasteiger charge is -2.26. The Hall–Kier alpha value is -2.00. The lowest BCUT2D eigenvalue weighted by atomic mass is 10.1. The van der Waals surface area contributed by atoms with Gasteiger partial charge in [-0.15, -0.1) is 0 Å². The molecule has 0 bridgehead atoms. The third-order valence-corrected chi connectivity index (χ3v) is 3.51. The molecule has 0 saturated carbocycles. The summed E-state index contributed by atoms with van der Waals surface area (Å²) in [4.78, 5) is 6.34. The van der Waals surface area contributed by atoms with Gasteiger partial charge in [0.25, 0.3) is 0 Å². The Balaban J connectivity index is 2.18. The van der Waals surface area contributed by atoms with Gasteiger partial charge in [-0.1, -0.05) is 41.9 Å². The quantitative estimate of drug-likeness (QED) is 0.685. The van der Waals surface area contributed by atoms with Crippen molar-refractivity contribution in [1.29, 1.82) is 0 Å². The van der Waals surface area contributed by atoms with Crippen molar-refractivity contribution < 1.29 is 0 Å². The maximum absolute atomic E-state index is 6.07. The molecule has 1 unspecified atom stereocenters. The minimum atomic E-state index is 0.0983. The van der Waals surface area contributed by atoms with Crippen molar-refractivity contribution in [3.05, 3.63) is 65.2 Å². The topological polar surface area (TPSA) is 41.6 Å². The van der Waals surface area contributed by atoms with Crippen molar-refractivity contribution >= 4 is 23.2 Å². The van der Waals surface area contributed by atoms with Crippen molar-refractivity contribution in [1.82, 2.24) is 4.90 Å². The van der Waals surface area contributed by atoms with E-state index in [2.05, 4.69) is 11.9 Å². The standard InChI is InChI=1S/C16H18ClN3/c1-12(13-7-6-8-14(17)11-13)20(2)16(18)19-15-9-4-3-5-10-15/h3-12H,1-2H3,(H2,18,19). The number of nitrogens with zero attached hydrogens (tertiary/aromatic N) is 2. The van der Waals surface area contributed by atoms with E-state index in [-0.39, 0.29) is 6.04 Å². The van der Waals surface area contributed by atoms with Crippen molar-refractivity contribution in [2.45, 2.75) is 13.0 Å². The minimum absolute atomic E-state index is 0.0983. The Morgan fingerprint density at radius 1 is 1.15 bits per heavy atom. The molecule has 2 rings (SSSR count). The number of rotatable bonds is 3. The van der Waals surface area contributed by atoms with E-state index < -0.39 is 0 Å². The lowest BCUT2D eigenvalue weighted by Crippen LogP contribution is -2.35. The molecule has 0 aromatic heterocycles. The van der Waals surface area contributed by atoms with E-state index in [4.69, 9.17) is 17.3 Å². The zero-order valence-electron chi connectivity index (χ0n) is 11.6. The molecule has 0 fully saturated rings. The van der Waals surface area contributed by atoms with Crippen LogP contribution in [0.2, 0.25) is 5.02 Å². The van der Waals surface area contributed by atoms with Crippen LogP contribution in [0, 0.1) is 0 Å². The van der Waals surface area contributed by atoms with Gasteiger partial charge in [0.15, 0.2) is 5.96 Å². The Morgan fingerprint density at radius 3 is 2.50 bits per heavy atom. The SMILES string of the molecule is CC(c1cccc(Cl)c1)N(C)C(N)=Nc1ccccc1. The van der Waals surface area contributed by atoms with Crippen LogP contribution in [-0.4, -0.2) is 17.9 Å². The van der Waals surface area contributed by atoms with Crippen LogP contribution in [0.5, 0.6) is 0 Å². The molecule has 0 aliphatic rings. The van der Waals surface area contributed by atoms with Crippen molar-refractivity contribution in [3.63, 3.8) is 0 Å². The number of aliphatic imine (C=N–C) groups is 1. The number of hydrogen-bond donors (Lipinski definition) is 1. The second kappa shape index (κ2) is 6.44. The molecule has 0 heterocycles. The van der Waals surface area contributed by atoms with Gasteiger partial charge < -0.3 is 10.6 Å². The van der Waals surface area contributed by atoms with Gasteiger partial charge in [0.2, 0.25) is 0 Å². The highest BCUT2D eigenvalue weighted by Gasteiger charge is 2.13. The molecule has 2 aromatic carbocycles. The van der Waals surface area contributed by atoms with Crippen LogP contribution >= 0.6 is 11.6 Å². The van der Waals surface area contributed by atoms with Crippen molar-refractivity contribution in [2.75, 3.05) is 7.05 Å². The average Bonchev–Trinajstić information content (AvgIpc) is 2.46. The zero-order chi connectivity index (χ0) is 14.5. The van der Waals surface area contributed by atoms with E-state index in [1.54, 1.807) is 0 Å². The Labute approximate surface area is 124 Å². The number of guanidine groups is 1. The van der Waals surface area contributed by atoms with E-state index >= 15 is 0 Å². The molecular formula is C16H18ClN3. The molecule has 104 valence electrons. The second-order valence-electron chi connectivity index (χ2n) is 4.65. The molecule has 0 amide bonds. The Morgan fingerprint density at radius 2 is 1.85 bits per heavy atom. The predicted molar refractivity (Wildman–Crippen MR) is 85.4 cm³/mol. The maximum atomic E-state index is 6.07. The van der Waals surface area contributed by atoms with Gasteiger partial charge in [-0.2, -0.15) is 0 Å². The van der Waals surface area contributed by atoms with Gasteiger partial charge in [-0.3, -0.25) is 0 Å². The first kappa shape index (κ1) is 14.4. The van der Waals surface area contributed by atoms with Crippen molar-refractivity contribution in [3.8, 4) is 0 Å². The van der Waals surface area contributed by atoms with Crippen LogP contribution in [0.15, 0.2) is 59.6 Å². The molecular weight excluding hydrogens is 270 g/mol. The van der Waals surface area contributed by atoms with E-state index in [1.165, 1.54) is 0 Å². The first-order chi connectivity index (χ1) is 9.58. The number of hydrogen-bond acceptors (Lipinski definition) is 1. The third-order valence-electron chi connectivity index (χ3n) is 3.27. The number of para-hydroxylation sites is 1. The smallest absolute Gasteiger partial charge is 0.196 e. The summed E-state index contributed by atoms with van der Waals surface area (Å²) in [5.74, 6) is 0.476. The molecule has 4 heteroatoms. The molecule has 1 atom stereocenters. The van der Waals surface area contributed by atoms with E-state index in [1.807, 2.05) is 66.5 Å². The summed E-state index contributed by atoms with van der Waals surface area (Å²) >= 11 is 6.02. The summed E-state index contributed by atoms with van der Waals surface area (Å²) in [5.41, 5.74) is 8.01. The largest absolute Gasteiger partial charge is 0.369 e. The number of nitrogens with two attached hydrogens (primary N) is 1. The Bertz CT molecular complexity index is 596. The highest BCUT2D eigenvalue weighted by atomic mass is 35.5. The van der Waals surface area contributed by atoms with Gasteiger partial charge in [0.05, 0.1) is 11.7 Å². The second-order valence-corrected chi connectivity index (χ2v) is 5.08. The van der Waals surface area contributed by atoms with Gasteiger partial charge in [0.1, 0.15) is 0 Å². The summed E-state index contributed by atoms with van der Waals surface area (Å²) < 4.78 is 0. The molecule has 2 N–H and O–H groups in total. The fourth-order valence-electron chi connectivity index (χ4n) is 1.90. The molecule has 20 heavy (non-hydrogen) atoms. The van der Waals surface area contributed by atoms with Crippen LogP contribution in [0.4, 0.5) is 5.69 Å². The molecule has 0 saturated heterocycles. The highest BCUT2D eigenvalue weighted by Crippen LogP contribution is 2.22. The molecule has 3 nitrogen and oxygen atoms in total. The van der Waals surface area contributed by atoms with Crippen molar-refractivity contribution in [2.24, 2.45) is 10.7 Å². The first-order valence-electron chi connectivity index (χ1n) is 6.45. The summed E-state index contributed by atoms with van der Waals surface area (Å²) in [6, 6.07) is 17.5. The van der Waals surface area contributed by atoms with Gasteiger partial charge in [-0.05, 0) is 36.8 Å². The zero-order valence-corrected chi connectivity index (χ0v) is 12.4. The first-order valence-corrected chi connectivity index (χ1v) is 6.83. The van der Waals surface area contributed by atoms with Crippen LogP contribution in [0.3, 0.4) is 0 Å². The minimum Gasteiger partial charge on any atom is -0.369 e. The van der Waals surface area contributed by atoms with Gasteiger partial charge in [0, 0.05) is 12.1 Å². The van der Waals surface area contributed by atoms with Crippen LogP contribution in [-0.2, 0) is 0 Å². The van der Waals surface area contributed by atoms with E-state index in [0.29, 0.717) is 5.96 Å². The molecule has 0 radical (unpaired) electrons. The van der Waals surface area contributed by atoms with Gasteiger partial charge >= 0.3 is 0 Å². The monoisotopic (exact) mass is 287 g/mol. The highest BCUT2D eigenvalue weighted by molar-refractivity contribution is 6.30. The molecule has 0 spiro atoms. The molecule has 2 aromatic rings. The Kier molecular flexibility index (Phi) is 4.64.